The number of carboxylic acids is 1. The number of Topliss-reactive ketones (excluding diaryl/α,β-unsaturated/α-hetero) is 1. The standard InChI is InChI=1S/C14H18O4/c1-3-18-12-6-4-5-11(9-12)13(15)7-10(2)8-14(16)17/h4-6,9-10H,3,7-8H2,1-2H3,(H,16,17). The van der Waals surface area contributed by atoms with Crippen molar-refractivity contribution in [2.45, 2.75) is 26.7 Å². The van der Waals surface area contributed by atoms with E-state index in [4.69, 9.17) is 9.84 Å². The van der Waals surface area contributed by atoms with Crippen LogP contribution >= 0.6 is 0 Å². The van der Waals surface area contributed by atoms with Crippen LogP contribution in [-0.2, 0) is 4.79 Å². The van der Waals surface area contributed by atoms with Crippen LogP contribution in [-0.4, -0.2) is 23.5 Å². The lowest BCUT2D eigenvalue weighted by Crippen LogP contribution is -2.10. The van der Waals surface area contributed by atoms with Crippen LogP contribution in [0.3, 0.4) is 0 Å². The number of rotatable bonds is 7. The largest absolute Gasteiger partial charge is 0.494 e. The van der Waals surface area contributed by atoms with Gasteiger partial charge in [0.2, 0.25) is 0 Å². The number of benzene rings is 1. The maximum atomic E-state index is 11.9. The summed E-state index contributed by atoms with van der Waals surface area (Å²) in [6.45, 7) is 4.19. The Morgan fingerprint density at radius 3 is 2.67 bits per heavy atom. The van der Waals surface area contributed by atoms with Gasteiger partial charge in [-0.1, -0.05) is 19.1 Å². The molecule has 18 heavy (non-hydrogen) atoms. The molecule has 0 aliphatic carbocycles. The minimum atomic E-state index is -0.877. The molecule has 0 saturated heterocycles. The molecular formula is C14H18O4. The molecule has 4 heteroatoms. The molecule has 0 aliphatic rings. The third-order valence-electron chi connectivity index (χ3n) is 2.52. The monoisotopic (exact) mass is 250 g/mol. The van der Waals surface area contributed by atoms with Crippen molar-refractivity contribution in [2.75, 3.05) is 6.61 Å². The molecule has 0 spiro atoms. The number of aliphatic carboxylic acids is 1. The topological polar surface area (TPSA) is 63.6 Å². The van der Waals surface area contributed by atoms with Crippen LogP contribution in [0.2, 0.25) is 0 Å². The molecule has 4 nitrogen and oxygen atoms in total. The number of carbonyl (C=O) groups is 2. The summed E-state index contributed by atoms with van der Waals surface area (Å²) < 4.78 is 5.32. The minimum absolute atomic E-state index is 0.0108. The lowest BCUT2D eigenvalue weighted by molar-refractivity contribution is -0.137. The molecule has 98 valence electrons. The van der Waals surface area contributed by atoms with Gasteiger partial charge < -0.3 is 9.84 Å². The van der Waals surface area contributed by atoms with Crippen LogP contribution < -0.4 is 4.74 Å². The van der Waals surface area contributed by atoms with E-state index < -0.39 is 5.97 Å². The first kappa shape index (κ1) is 14.2. The number of carbonyl (C=O) groups excluding carboxylic acids is 1. The van der Waals surface area contributed by atoms with Gasteiger partial charge in [0.15, 0.2) is 5.78 Å². The van der Waals surface area contributed by atoms with Crippen molar-refractivity contribution in [2.24, 2.45) is 5.92 Å². The van der Waals surface area contributed by atoms with E-state index in [2.05, 4.69) is 0 Å². The summed E-state index contributed by atoms with van der Waals surface area (Å²) in [7, 11) is 0. The van der Waals surface area contributed by atoms with Crippen molar-refractivity contribution >= 4 is 11.8 Å². The highest BCUT2D eigenvalue weighted by Gasteiger charge is 2.14. The predicted octanol–water partition coefficient (Wildman–Crippen LogP) is 2.77. The number of ketones is 1. The van der Waals surface area contributed by atoms with Gasteiger partial charge in [0, 0.05) is 18.4 Å². The second-order valence-corrected chi connectivity index (χ2v) is 4.29. The Kier molecular flexibility index (Phi) is 5.36. The van der Waals surface area contributed by atoms with Gasteiger partial charge in [0.25, 0.3) is 0 Å². The van der Waals surface area contributed by atoms with Gasteiger partial charge in [0.1, 0.15) is 5.75 Å². The highest BCUT2D eigenvalue weighted by molar-refractivity contribution is 5.96. The summed E-state index contributed by atoms with van der Waals surface area (Å²) in [5, 5.41) is 8.65. The Hall–Kier alpha value is -1.84. The first-order valence-corrected chi connectivity index (χ1v) is 6.00. The SMILES string of the molecule is CCOc1cccc(C(=O)CC(C)CC(=O)O)c1. The molecule has 0 heterocycles. The molecule has 1 atom stereocenters. The summed E-state index contributed by atoms with van der Waals surface area (Å²) in [4.78, 5) is 22.5. The summed E-state index contributed by atoms with van der Waals surface area (Å²) in [5.74, 6) is -0.427. The quantitative estimate of drug-likeness (QED) is 0.756. The molecular weight excluding hydrogens is 232 g/mol. The van der Waals surface area contributed by atoms with Crippen LogP contribution in [0, 0.1) is 5.92 Å². The molecule has 1 N–H and O–H groups in total. The summed E-state index contributed by atoms with van der Waals surface area (Å²) in [6.07, 6.45) is 0.249. The first-order valence-electron chi connectivity index (χ1n) is 6.00. The molecule has 0 bridgehead atoms. The van der Waals surface area contributed by atoms with Crippen LogP contribution in [0.5, 0.6) is 5.75 Å². The van der Waals surface area contributed by atoms with Crippen LogP contribution in [0.25, 0.3) is 0 Å². The van der Waals surface area contributed by atoms with Gasteiger partial charge in [-0.2, -0.15) is 0 Å². The fourth-order valence-electron chi connectivity index (χ4n) is 1.73. The van der Waals surface area contributed by atoms with E-state index in [9.17, 15) is 9.59 Å². The fourth-order valence-corrected chi connectivity index (χ4v) is 1.73. The molecule has 1 aromatic rings. The van der Waals surface area contributed by atoms with E-state index in [0.717, 1.165) is 0 Å². The smallest absolute Gasteiger partial charge is 0.303 e. The van der Waals surface area contributed by atoms with E-state index in [1.54, 1.807) is 31.2 Å². The Morgan fingerprint density at radius 1 is 1.33 bits per heavy atom. The van der Waals surface area contributed by atoms with Gasteiger partial charge in [-0.05, 0) is 25.0 Å². The summed E-state index contributed by atoms with van der Waals surface area (Å²) in [6, 6.07) is 6.97. The Morgan fingerprint density at radius 2 is 2.06 bits per heavy atom. The van der Waals surface area contributed by atoms with Crippen LogP contribution in [0.4, 0.5) is 0 Å². The second kappa shape index (κ2) is 6.79. The Labute approximate surface area is 107 Å². The van der Waals surface area contributed by atoms with Crippen molar-refractivity contribution < 1.29 is 19.4 Å². The van der Waals surface area contributed by atoms with Gasteiger partial charge in [-0.3, -0.25) is 9.59 Å². The van der Waals surface area contributed by atoms with Crippen molar-refractivity contribution in [1.29, 1.82) is 0 Å². The predicted molar refractivity (Wildman–Crippen MR) is 68.0 cm³/mol. The molecule has 1 rings (SSSR count). The number of hydrogen-bond donors (Lipinski definition) is 1. The molecule has 1 aromatic carbocycles. The first-order chi connectivity index (χ1) is 8.52. The van der Waals surface area contributed by atoms with Gasteiger partial charge in [-0.25, -0.2) is 0 Å². The second-order valence-electron chi connectivity index (χ2n) is 4.29. The highest BCUT2D eigenvalue weighted by atomic mass is 16.5. The number of carboxylic acid groups (broad SMARTS) is 1. The molecule has 0 aliphatic heterocycles. The fraction of sp³-hybridized carbons (Fsp3) is 0.429. The zero-order valence-electron chi connectivity index (χ0n) is 10.7. The van der Waals surface area contributed by atoms with Gasteiger partial charge in [-0.15, -0.1) is 0 Å². The van der Waals surface area contributed by atoms with Gasteiger partial charge in [0.05, 0.1) is 6.61 Å². The molecule has 0 amide bonds. The average molecular weight is 250 g/mol. The van der Waals surface area contributed by atoms with Crippen LogP contribution in [0.1, 0.15) is 37.0 Å². The van der Waals surface area contributed by atoms with E-state index in [0.29, 0.717) is 17.9 Å². The van der Waals surface area contributed by atoms with Crippen molar-refractivity contribution in [3.05, 3.63) is 29.8 Å². The molecule has 0 fully saturated rings. The maximum absolute atomic E-state index is 11.9. The van der Waals surface area contributed by atoms with Crippen molar-refractivity contribution in [3.8, 4) is 5.75 Å². The highest BCUT2D eigenvalue weighted by Crippen LogP contribution is 2.17. The zero-order valence-corrected chi connectivity index (χ0v) is 10.7. The van der Waals surface area contributed by atoms with E-state index in [1.165, 1.54) is 0 Å². The van der Waals surface area contributed by atoms with Crippen molar-refractivity contribution in [3.63, 3.8) is 0 Å². The molecule has 0 saturated carbocycles. The lowest BCUT2D eigenvalue weighted by atomic mass is 9.97. The van der Waals surface area contributed by atoms with Crippen LogP contribution in [0.15, 0.2) is 24.3 Å². The van der Waals surface area contributed by atoms with Crippen molar-refractivity contribution in [1.82, 2.24) is 0 Å². The van der Waals surface area contributed by atoms with E-state index in [-0.39, 0.29) is 24.5 Å². The normalized spacial score (nSPS) is 11.9. The van der Waals surface area contributed by atoms with E-state index >= 15 is 0 Å². The third-order valence-corrected chi connectivity index (χ3v) is 2.52. The Balaban J connectivity index is 2.66. The van der Waals surface area contributed by atoms with Gasteiger partial charge >= 0.3 is 5.97 Å². The number of hydrogen-bond acceptors (Lipinski definition) is 3. The molecule has 0 aromatic heterocycles. The molecule has 0 radical (unpaired) electrons. The zero-order chi connectivity index (χ0) is 13.5. The number of ether oxygens (including phenoxy) is 1. The summed E-state index contributed by atoms with van der Waals surface area (Å²) in [5.41, 5.74) is 0.568. The Bertz CT molecular complexity index is 426. The summed E-state index contributed by atoms with van der Waals surface area (Å²) >= 11 is 0. The third kappa shape index (κ3) is 4.57. The average Bonchev–Trinajstić information content (AvgIpc) is 2.28. The maximum Gasteiger partial charge on any atom is 0.303 e. The minimum Gasteiger partial charge on any atom is -0.494 e. The van der Waals surface area contributed by atoms with E-state index in [1.807, 2.05) is 6.92 Å². The lowest BCUT2D eigenvalue weighted by Gasteiger charge is -2.09. The molecule has 1 unspecified atom stereocenters.